The quantitative estimate of drug-likeness (QED) is 0.554. The number of fused-ring (bicyclic) bond motifs is 3. The SMILES string of the molecule is N#CCc1ccc(NC(=O)COC(=O)CCn2cnc3sc4c(c3c2=O)CCCC4)cc1. The van der Waals surface area contributed by atoms with E-state index in [9.17, 15) is 14.4 Å². The van der Waals surface area contributed by atoms with Crippen LogP contribution in [0.25, 0.3) is 10.2 Å². The van der Waals surface area contributed by atoms with E-state index in [-0.39, 0.29) is 18.5 Å². The number of carbonyl (C=O) groups excluding carboxylic acids is 2. The zero-order valence-corrected chi connectivity index (χ0v) is 18.2. The molecule has 1 N–H and O–H groups in total. The number of thiophene rings is 1. The van der Waals surface area contributed by atoms with Crippen LogP contribution in [0.15, 0.2) is 35.4 Å². The zero-order valence-electron chi connectivity index (χ0n) is 17.4. The van der Waals surface area contributed by atoms with Crippen LogP contribution in [0.2, 0.25) is 0 Å². The van der Waals surface area contributed by atoms with Crippen molar-refractivity contribution in [1.82, 2.24) is 9.55 Å². The predicted molar refractivity (Wildman–Crippen MR) is 120 cm³/mol. The maximum Gasteiger partial charge on any atom is 0.308 e. The molecule has 0 fully saturated rings. The molecule has 164 valence electrons. The van der Waals surface area contributed by atoms with Crippen LogP contribution in [0.1, 0.15) is 35.3 Å². The fourth-order valence-corrected chi connectivity index (χ4v) is 4.98. The summed E-state index contributed by atoms with van der Waals surface area (Å²) in [5.41, 5.74) is 2.39. The molecule has 0 saturated heterocycles. The fourth-order valence-electron chi connectivity index (χ4n) is 3.76. The number of hydrogen-bond acceptors (Lipinski definition) is 7. The Bertz CT molecular complexity index is 1250. The molecule has 2 heterocycles. The second kappa shape index (κ2) is 9.75. The Morgan fingerprint density at radius 1 is 1.22 bits per heavy atom. The van der Waals surface area contributed by atoms with E-state index >= 15 is 0 Å². The van der Waals surface area contributed by atoms with Gasteiger partial charge in [0.05, 0.1) is 30.6 Å². The van der Waals surface area contributed by atoms with Gasteiger partial charge in [-0.15, -0.1) is 11.3 Å². The summed E-state index contributed by atoms with van der Waals surface area (Å²) in [4.78, 5) is 43.4. The van der Waals surface area contributed by atoms with Crippen molar-refractivity contribution < 1.29 is 14.3 Å². The number of hydrogen-bond donors (Lipinski definition) is 1. The summed E-state index contributed by atoms with van der Waals surface area (Å²) in [5.74, 6) is -1.03. The van der Waals surface area contributed by atoms with E-state index in [1.165, 1.54) is 15.8 Å². The number of carbonyl (C=O) groups is 2. The lowest BCUT2D eigenvalue weighted by molar-refractivity contribution is -0.147. The zero-order chi connectivity index (χ0) is 22.5. The Balaban J connectivity index is 1.30. The minimum atomic E-state index is -0.566. The molecule has 0 unspecified atom stereocenters. The summed E-state index contributed by atoms with van der Waals surface area (Å²) in [6.07, 6.45) is 5.85. The van der Waals surface area contributed by atoms with Gasteiger partial charge in [-0.3, -0.25) is 19.0 Å². The molecule has 1 aromatic carbocycles. The van der Waals surface area contributed by atoms with E-state index < -0.39 is 18.5 Å². The first-order valence-corrected chi connectivity index (χ1v) is 11.3. The van der Waals surface area contributed by atoms with E-state index in [0.29, 0.717) is 17.5 Å². The normalized spacial score (nSPS) is 12.7. The van der Waals surface area contributed by atoms with Gasteiger partial charge in [0.25, 0.3) is 11.5 Å². The Morgan fingerprint density at radius 2 is 2.00 bits per heavy atom. The highest BCUT2D eigenvalue weighted by Crippen LogP contribution is 2.33. The standard InChI is InChI=1S/C23H22N4O4S/c24-11-9-15-5-7-16(8-6-15)26-19(28)13-31-20(29)10-12-27-14-25-22-21(23(27)30)17-3-1-2-4-18(17)32-22/h5-8,14H,1-4,9-10,12-13H2,(H,26,28). The molecule has 4 rings (SSSR count). The number of esters is 1. The summed E-state index contributed by atoms with van der Waals surface area (Å²) >= 11 is 1.59. The molecule has 0 aliphatic heterocycles. The largest absolute Gasteiger partial charge is 0.456 e. The number of nitrogens with one attached hydrogen (secondary N) is 1. The maximum absolute atomic E-state index is 12.9. The maximum atomic E-state index is 12.9. The Hall–Kier alpha value is -3.51. The highest BCUT2D eigenvalue weighted by atomic mass is 32.1. The summed E-state index contributed by atoms with van der Waals surface area (Å²) in [5, 5.41) is 12.0. The van der Waals surface area contributed by atoms with Crippen molar-refractivity contribution >= 4 is 39.1 Å². The minimum absolute atomic E-state index is 0.0322. The highest BCUT2D eigenvalue weighted by Gasteiger charge is 2.20. The van der Waals surface area contributed by atoms with E-state index in [4.69, 9.17) is 10.00 Å². The summed E-state index contributed by atoms with van der Waals surface area (Å²) < 4.78 is 6.47. The number of benzene rings is 1. The van der Waals surface area contributed by atoms with Crippen LogP contribution in [0.3, 0.4) is 0 Å². The molecule has 32 heavy (non-hydrogen) atoms. The molecule has 1 amide bonds. The molecule has 0 atom stereocenters. The van der Waals surface area contributed by atoms with Crippen molar-refractivity contribution in [3.05, 3.63) is 57.0 Å². The molecule has 1 aliphatic rings. The molecule has 0 bridgehead atoms. The number of nitriles is 1. The van der Waals surface area contributed by atoms with Crippen molar-refractivity contribution in [1.29, 1.82) is 5.26 Å². The molecule has 1 aliphatic carbocycles. The number of nitrogens with zero attached hydrogens (tertiary/aromatic N) is 3. The van der Waals surface area contributed by atoms with Gasteiger partial charge in [0.1, 0.15) is 4.83 Å². The molecule has 3 aromatic rings. The van der Waals surface area contributed by atoms with Crippen molar-refractivity contribution in [3.63, 3.8) is 0 Å². The monoisotopic (exact) mass is 450 g/mol. The van der Waals surface area contributed by atoms with Crippen LogP contribution in [-0.2, 0) is 40.1 Å². The van der Waals surface area contributed by atoms with Gasteiger partial charge < -0.3 is 10.1 Å². The highest BCUT2D eigenvalue weighted by molar-refractivity contribution is 7.18. The summed E-state index contributed by atoms with van der Waals surface area (Å²) in [7, 11) is 0. The topological polar surface area (TPSA) is 114 Å². The molecular formula is C23H22N4O4S. The van der Waals surface area contributed by atoms with E-state index in [1.54, 1.807) is 35.6 Å². The number of aromatic nitrogens is 2. The van der Waals surface area contributed by atoms with Crippen LogP contribution in [0.4, 0.5) is 5.69 Å². The summed E-state index contributed by atoms with van der Waals surface area (Å²) in [6.45, 7) is -0.268. The number of rotatable bonds is 7. The van der Waals surface area contributed by atoms with Crippen molar-refractivity contribution in [2.45, 2.75) is 45.1 Å². The molecular weight excluding hydrogens is 428 g/mol. The van der Waals surface area contributed by atoms with Crippen LogP contribution in [-0.4, -0.2) is 28.0 Å². The average Bonchev–Trinajstić information content (AvgIpc) is 3.18. The van der Waals surface area contributed by atoms with E-state index in [1.807, 2.05) is 0 Å². The predicted octanol–water partition coefficient (Wildman–Crippen LogP) is 2.97. The third-order valence-electron chi connectivity index (χ3n) is 5.38. The van der Waals surface area contributed by atoms with Crippen LogP contribution in [0, 0.1) is 11.3 Å². The van der Waals surface area contributed by atoms with E-state index in [0.717, 1.165) is 41.6 Å². The number of ether oxygens (including phenoxy) is 1. The van der Waals surface area contributed by atoms with Gasteiger partial charge in [-0.05, 0) is 48.9 Å². The van der Waals surface area contributed by atoms with Gasteiger partial charge >= 0.3 is 5.97 Å². The van der Waals surface area contributed by atoms with Gasteiger partial charge in [-0.1, -0.05) is 12.1 Å². The lowest BCUT2D eigenvalue weighted by Gasteiger charge is -2.10. The van der Waals surface area contributed by atoms with Gasteiger partial charge in [-0.25, -0.2) is 4.98 Å². The number of anilines is 1. The lowest BCUT2D eigenvalue weighted by atomic mass is 9.97. The van der Waals surface area contributed by atoms with E-state index in [2.05, 4.69) is 16.4 Å². The Morgan fingerprint density at radius 3 is 2.78 bits per heavy atom. The first kappa shape index (κ1) is 21.7. The first-order chi connectivity index (χ1) is 15.5. The van der Waals surface area contributed by atoms with Crippen LogP contribution < -0.4 is 10.9 Å². The van der Waals surface area contributed by atoms with Gasteiger partial charge in [0.15, 0.2) is 6.61 Å². The molecule has 9 heteroatoms. The average molecular weight is 451 g/mol. The minimum Gasteiger partial charge on any atom is -0.456 e. The van der Waals surface area contributed by atoms with Gasteiger partial charge in [0, 0.05) is 17.1 Å². The molecule has 0 radical (unpaired) electrons. The van der Waals surface area contributed by atoms with Gasteiger partial charge in [-0.2, -0.15) is 5.26 Å². The van der Waals surface area contributed by atoms with Crippen molar-refractivity contribution in [2.75, 3.05) is 11.9 Å². The van der Waals surface area contributed by atoms with Gasteiger partial charge in [0.2, 0.25) is 0 Å². The summed E-state index contributed by atoms with van der Waals surface area (Å²) in [6, 6.07) is 8.92. The second-order valence-corrected chi connectivity index (χ2v) is 8.71. The first-order valence-electron chi connectivity index (χ1n) is 10.5. The molecule has 0 saturated carbocycles. The smallest absolute Gasteiger partial charge is 0.308 e. The molecule has 8 nitrogen and oxygen atoms in total. The third kappa shape index (κ3) is 4.86. The molecule has 2 aromatic heterocycles. The fraction of sp³-hybridized carbons (Fsp3) is 0.348. The number of aryl methyl sites for hydroxylation is 3. The van der Waals surface area contributed by atoms with Crippen LogP contribution >= 0.6 is 11.3 Å². The Labute approximate surface area is 188 Å². The van der Waals surface area contributed by atoms with Crippen molar-refractivity contribution in [3.8, 4) is 6.07 Å². The Kier molecular flexibility index (Phi) is 6.61. The second-order valence-electron chi connectivity index (χ2n) is 7.62. The molecule has 0 spiro atoms. The van der Waals surface area contributed by atoms with Crippen LogP contribution in [0.5, 0.6) is 0 Å². The number of amides is 1. The third-order valence-corrected chi connectivity index (χ3v) is 6.58. The van der Waals surface area contributed by atoms with Crippen molar-refractivity contribution in [2.24, 2.45) is 0 Å². The lowest BCUT2D eigenvalue weighted by Crippen LogP contribution is -2.24.